The zero-order valence-corrected chi connectivity index (χ0v) is 11.8. The third kappa shape index (κ3) is 3.97. The van der Waals surface area contributed by atoms with Gasteiger partial charge in [-0.15, -0.1) is 10.2 Å². The Labute approximate surface area is 123 Å². The molecule has 9 heteroatoms. The van der Waals surface area contributed by atoms with Crippen molar-refractivity contribution >= 4 is 34.5 Å². The summed E-state index contributed by atoms with van der Waals surface area (Å²) in [5, 5.41) is 15.9. The van der Waals surface area contributed by atoms with E-state index in [9.17, 15) is 0 Å². The summed E-state index contributed by atoms with van der Waals surface area (Å²) >= 11 is 6.89. The van der Waals surface area contributed by atoms with Crippen LogP contribution in [0.4, 0.5) is 0 Å². The second kappa shape index (κ2) is 6.40. The Kier molecular flexibility index (Phi) is 4.59. The van der Waals surface area contributed by atoms with E-state index in [1.807, 2.05) is 0 Å². The molecule has 0 unspecified atom stereocenters. The molecule has 0 aliphatic carbocycles. The molecule has 104 valence electrons. The highest BCUT2D eigenvalue weighted by Crippen LogP contribution is 2.21. The Morgan fingerprint density at radius 2 is 2.00 bits per heavy atom. The number of nitrogens with one attached hydrogen (secondary N) is 1. The average molecular weight is 311 g/mol. The summed E-state index contributed by atoms with van der Waals surface area (Å²) in [6.45, 7) is 0. The van der Waals surface area contributed by atoms with Crippen LogP contribution in [0.15, 0.2) is 33.7 Å². The molecule has 0 saturated heterocycles. The van der Waals surface area contributed by atoms with Gasteiger partial charge in [0.1, 0.15) is 0 Å². The van der Waals surface area contributed by atoms with Gasteiger partial charge in [-0.05, 0) is 24.3 Å². The van der Waals surface area contributed by atoms with Crippen LogP contribution in [-0.2, 0) is 5.75 Å². The first-order valence-corrected chi connectivity index (χ1v) is 6.80. The molecule has 0 saturated carbocycles. The maximum atomic E-state index is 7.47. The van der Waals surface area contributed by atoms with Gasteiger partial charge < -0.3 is 15.9 Å². The van der Waals surface area contributed by atoms with E-state index in [0.29, 0.717) is 22.6 Å². The van der Waals surface area contributed by atoms with E-state index < -0.39 is 0 Å². The van der Waals surface area contributed by atoms with Gasteiger partial charge in [0.15, 0.2) is 11.1 Å². The Morgan fingerprint density at radius 3 is 2.65 bits per heavy atom. The number of aliphatic imine (C=N–C) groups is 1. The topological polar surface area (TPSA) is 127 Å². The van der Waals surface area contributed by atoms with Gasteiger partial charge in [0, 0.05) is 10.6 Å². The Hall–Kier alpha value is -2.06. The predicted molar refractivity (Wildman–Crippen MR) is 79.6 cm³/mol. The minimum atomic E-state index is -0.158. The molecule has 1 aromatic heterocycles. The number of benzene rings is 1. The number of nitrogens with two attached hydrogens (primary N) is 2. The zero-order valence-electron chi connectivity index (χ0n) is 10.2. The first-order chi connectivity index (χ1) is 9.54. The lowest BCUT2D eigenvalue weighted by Crippen LogP contribution is -2.23. The molecule has 0 radical (unpaired) electrons. The molecule has 7 nitrogen and oxygen atoms in total. The van der Waals surface area contributed by atoms with E-state index in [0.717, 1.165) is 17.3 Å². The van der Waals surface area contributed by atoms with E-state index in [1.54, 1.807) is 24.3 Å². The second-order valence-electron chi connectivity index (χ2n) is 3.64. The van der Waals surface area contributed by atoms with E-state index in [2.05, 4.69) is 15.2 Å². The first kappa shape index (κ1) is 14.4. The van der Waals surface area contributed by atoms with Crippen molar-refractivity contribution in [1.29, 1.82) is 5.41 Å². The van der Waals surface area contributed by atoms with Gasteiger partial charge in [-0.3, -0.25) is 5.41 Å². The number of guanidine groups is 1. The highest BCUT2D eigenvalue weighted by atomic mass is 35.5. The zero-order chi connectivity index (χ0) is 14.5. The van der Waals surface area contributed by atoms with Gasteiger partial charge in [0.05, 0.1) is 5.75 Å². The fourth-order valence-corrected chi connectivity index (χ4v) is 1.97. The van der Waals surface area contributed by atoms with Gasteiger partial charge in [-0.2, -0.15) is 4.99 Å². The number of thioether (sulfide) groups is 1. The van der Waals surface area contributed by atoms with Gasteiger partial charge in [-0.25, -0.2) is 0 Å². The van der Waals surface area contributed by atoms with Crippen molar-refractivity contribution in [2.45, 2.75) is 5.75 Å². The molecule has 2 aromatic rings. The summed E-state index contributed by atoms with van der Waals surface area (Å²) in [6.07, 6.45) is 0. The summed E-state index contributed by atoms with van der Waals surface area (Å²) in [7, 11) is 0. The van der Waals surface area contributed by atoms with Crippen molar-refractivity contribution in [3.63, 3.8) is 0 Å². The number of aromatic nitrogens is 2. The van der Waals surface area contributed by atoms with Crippen molar-refractivity contribution < 1.29 is 4.42 Å². The van der Waals surface area contributed by atoms with Crippen LogP contribution in [0, 0.1) is 5.41 Å². The number of amidine groups is 1. The summed E-state index contributed by atoms with van der Waals surface area (Å²) in [5.41, 5.74) is 11.1. The standard InChI is InChI=1S/C11H11ClN6OS/c12-7-3-1-6(2-4-7)9-18-17-8(19-9)5-20-11(15)16-10(13)14/h1-4H,5H2,(H5,13,14,15,16). The lowest BCUT2D eigenvalue weighted by atomic mass is 10.2. The van der Waals surface area contributed by atoms with Gasteiger partial charge in [0.2, 0.25) is 11.8 Å². The molecule has 0 bridgehead atoms. The highest BCUT2D eigenvalue weighted by Gasteiger charge is 2.09. The number of nitrogens with zero attached hydrogens (tertiary/aromatic N) is 3. The summed E-state index contributed by atoms with van der Waals surface area (Å²) in [5.74, 6) is 0.937. The quantitative estimate of drug-likeness (QED) is 0.586. The SMILES string of the molecule is N=C(N=C(N)N)SCc1nnc(-c2ccc(Cl)cc2)o1. The highest BCUT2D eigenvalue weighted by molar-refractivity contribution is 8.13. The molecule has 0 fully saturated rings. The van der Waals surface area contributed by atoms with Gasteiger partial charge in [-0.1, -0.05) is 23.4 Å². The van der Waals surface area contributed by atoms with Crippen molar-refractivity contribution in [1.82, 2.24) is 10.2 Å². The van der Waals surface area contributed by atoms with E-state index in [-0.39, 0.29) is 11.1 Å². The molecule has 0 amide bonds. The maximum Gasteiger partial charge on any atom is 0.247 e. The summed E-state index contributed by atoms with van der Waals surface area (Å²) in [4.78, 5) is 3.58. The molecule has 2 rings (SSSR count). The molecular formula is C11H11ClN6OS. The van der Waals surface area contributed by atoms with Crippen LogP contribution in [0.1, 0.15) is 5.89 Å². The maximum absolute atomic E-state index is 7.47. The fourth-order valence-electron chi connectivity index (χ4n) is 1.30. The molecule has 5 N–H and O–H groups in total. The summed E-state index contributed by atoms with van der Waals surface area (Å²) in [6, 6.07) is 7.05. The number of rotatable bonds is 3. The van der Waals surface area contributed by atoms with Crippen LogP contribution in [-0.4, -0.2) is 21.3 Å². The number of halogens is 1. The lowest BCUT2D eigenvalue weighted by Gasteiger charge is -1.96. The third-order valence-electron chi connectivity index (χ3n) is 2.12. The Bertz CT molecular complexity index is 635. The second-order valence-corrected chi connectivity index (χ2v) is 5.04. The smallest absolute Gasteiger partial charge is 0.247 e. The molecule has 0 aliphatic rings. The average Bonchev–Trinajstić information content (AvgIpc) is 2.85. The monoisotopic (exact) mass is 310 g/mol. The normalized spacial score (nSPS) is 10.2. The van der Waals surface area contributed by atoms with Crippen molar-refractivity contribution in [3.05, 3.63) is 35.2 Å². The predicted octanol–water partition coefficient (Wildman–Crippen LogP) is 1.83. The van der Waals surface area contributed by atoms with E-state index in [4.69, 9.17) is 32.9 Å². The van der Waals surface area contributed by atoms with Crippen LogP contribution in [0.2, 0.25) is 5.02 Å². The molecule has 1 aromatic carbocycles. The van der Waals surface area contributed by atoms with Crippen molar-refractivity contribution in [2.24, 2.45) is 16.5 Å². The van der Waals surface area contributed by atoms with E-state index in [1.165, 1.54) is 0 Å². The fraction of sp³-hybridized carbons (Fsp3) is 0.0909. The molecule has 0 aliphatic heterocycles. The van der Waals surface area contributed by atoms with Crippen LogP contribution < -0.4 is 11.5 Å². The minimum Gasteiger partial charge on any atom is -0.420 e. The van der Waals surface area contributed by atoms with Gasteiger partial charge in [0.25, 0.3) is 0 Å². The van der Waals surface area contributed by atoms with Crippen LogP contribution in [0.25, 0.3) is 11.5 Å². The Morgan fingerprint density at radius 1 is 1.30 bits per heavy atom. The first-order valence-electron chi connectivity index (χ1n) is 5.44. The number of hydrogen-bond donors (Lipinski definition) is 3. The Balaban J connectivity index is 2.01. The van der Waals surface area contributed by atoms with Crippen molar-refractivity contribution in [3.8, 4) is 11.5 Å². The molecule has 20 heavy (non-hydrogen) atoms. The van der Waals surface area contributed by atoms with Gasteiger partial charge >= 0.3 is 0 Å². The van der Waals surface area contributed by atoms with Crippen LogP contribution in [0.5, 0.6) is 0 Å². The molecule has 1 heterocycles. The number of hydrogen-bond acceptors (Lipinski definition) is 5. The van der Waals surface area contributed by atoms with Crippen LogP contribution in [0.3, 0.4) is 0 Å². The molecule has 0 atom stereocenters. The summed E-state index contributed by atoms with van der Waals surface area (Å²) < 4.78 is 5.47. The van der Waals surface area contributed by atoms with Crippen LogP contribution >= 0.6 is 23.4 Å². The third-order valence-corrected chi connectivity index (χ3v) is 3.13. The lowest BCUT2D eigenvalue weighted by molar-refractivity contribution is 0.529. The van der Waals surface area contributed by atoms with E-state index >= 15 is 0 Å². The molecule has 0 spiro atoms. The largest absolute Gasteiger partial charge is 0.420 e. The minimum absolute atomic E-state index is 0.0174. The van der Waals surface area contributed by atoms with Crippen molar-refractivity contribution in [2.75, 3.05) is 0 Å². The molecular weight excluding hydrogens is 300 g/mol.